The fourth-order valence-electron chi connectivity index (χ4n) is 3.72. The Labute approximate surface area is 142 Å². The van der Waals surface area contributed by atoms with Gasteiger partial charge in [0.05, 0.1) is 24.3 Å². The average molecular weight is 325 g/mol. The molecule has 4 rings (SSSR count). The van der Waals surface area contributed by atoms with E-state index in [1.807, 2.05) is 41.8 Å². The van der Waals surface area contributed by atoms with Crippen molar-refractivity contribution in [3.05, 3.63) is 41.6 Å². The molecule has 3 heterocycles. The van der Waals surface area contributed by atoms with Crippen LogP contribution in [0, 0.1) is 5.41 Å². The summed E-state index contributed by atoms with van der Waals surface area (Å²) >= 11 is 0. The van der Waals surface area contributed by atoms with E-state index in [-0.39, 0.29) is 11.3 Å². The molecule has 1 aromatic heterocycles. The Morgan fingerprint density at radius 2 is 1.88 bits per heavy atom. The van der Waals surface area contributed by atoms with Crippen molar-refractivity contribution >= 4 is 5.91 Å². The molecule has 0 spiro atoms. The lowest BCUT2D eigenvalue weighted by Crippen LogP contribution is -2.53. The molecule has 1 saturated heterocycles. The van der Waals surface area contributed by atoms with Crippen LogP contribution in [0.5, 0.6) is 0 Å². The van der Waals surface area contributed by atoms with Gasteiger partial charge in [-0.25, -0.2) is 0 Å². The number of carbonyl (C=O) groups excluding carboxylic acids is 1. The van der Waals surface area contributed by atoms with Crippen molar-refractivity contribution in [2.75, 3.05) is 26.3 Å². The third kappa shape index (κ3) is 2.44. The molecule has 0 bridgehead atoms. The summed E-state index contributed by atoms with van der Waals surface area (Å²) in [6, 6.07) is 10.3. The predicted octanol–water partition coefficient (Wildman–Crippen LogP) is 2.05. The number of rotatable bonds is 2. The van der Waals surface area contributed by atoms with E-state index in [1.165, 1.54) is 11.3 Å². The van der Waals surface area contributed by atoms with E-state index in [9.17, 15) is 4.79 Å². The third-order valence-corrected chi connectivity index (χ3v) is 5.22. The number of nitrogens with zero attached hydrogens (tertiary/aromatic N) is 3. The first-order valence-corrected chi connectivity index (χ1v) is 8.56. The van der Waals surface area contributed by atoms with Crippen LogP contribution in [0.1, 0.15) is 18.2 Å². The molecule has 2 aromatic rings. The van der Waals surface area contributed by atoms with E-state index >= 15 is 0 Å². The SMILES string of the molecule is Cn1nc(-c2ccccc2)c2c1CCN(C(=O)C1(C)COC1)CC2. The molecule has 0 saturated carbocycles. The zero-order chi connectivity index (χ0) is 16.7. The molecule has 2 aliphatic rings. The fraction of sp³-hybridized carbons (Fsp3) is 0.474. The van der Waals surface area contributed by atoms with Crippen LogP contribution >= 0.6 is 0 Å². The van der Waals surface area contributed by atoms with Crippen LogP contribution in [0.2, 0.25) is 0 Å². The summed E-state index contributed by atoms with van der Waals surface area (Å²) in [7, 11) is 2.00. The van der Waals surface area contributed by atoms with Crippen molar-refractivity contribution in [2.45, 2.75) is 19.8 Å². The van der Waals surface area contributed by atoms with Crippen molar-refractivity contribution in [1.82, 2.24) is 14.7 Å². The van der Waals surface area contributed by atoms with E-state index in [0.717, 1.165) is 37.2 Å². The Kier molecular flexibility index (Phi) is 3.68. The molecule has 1 aromatic carbocycles. The molecule has 0 aliphatic carbocycles. The van der Waals surface area contributed by atoms with Crippen LogP contribution in [-0.2, 0) is 29.4 Å². The number of fused-ring (bicyclic) bond motifs is 1. The Morgan fingerprint density at radius 1 is 1.17 bits per heavy atom. The number of aromatic nitrogens is 2. The minimum absolute atomic E-state index is 0.232. The lowest BCUT2D eigenvalue weighted by atomic mass is 9.87. The molecule has 1 amide bonds. The monoisotopic (exact) mass is 325 g/mol. The molecule has 1 fully saturated rings. The Balaban J connectivity index is 1.61. The minimum atomic E-state index is -0.322. The zero-order valence-corrected chi connectivity index (χ0v) is 14.3. The number of carbonyl (C=O) groups is 1. The maximum absolute atomic E-state index is 12.8. The van der Waals surface area contributed by atoms with Crippen LogP contribution in [0.3, 0.4) is 0 Å². The molecule has 24 heavy (non-hydrogen) atoms. The van der Waals surface area contributed by atoms with Gasteiger partial charge < -0.3 is 9.64 Å². The molecule has 0 unspecified atom stereocenters. The molecule has 0 atom stereocenters. The lowest BCUT2D eigenvalue weighted by Gasteiger charge is -2.40. The normalized spacial score (nSPS) is 19.3. The number of hydrogen-bond donors (Lipinski definition) is 0. The largest absolute Gasteiger partial charge is 0.379 e. The summed E-state index contributed by atoms with van der Waals surface area (Å²) in [4.78, 5) is 14.8. The van der Waals surface area contributed by atoms with Gasteiger partial charge in [-0.15, -0.1) is 0 Å². The van der Waals surface area contributed by atoms with Gasteiger partial charge in [-0.2, -0.15) is 5.10 Å². The zero-order valence-electron chi connectivity index (χ0n) is 14.3. The van der Waals surface area contributed by atoms with Crippen LogP contribution in [0.25, 0.3) is 11.3 Å². The Bertz CT molecular complexity index is 762. The van der Waals surface area contributed by atoms with Crippen LogP contribution in [-0.4, -0.2) is 46.9 Å². The van der Waals surface area contributed by atoms with Gasteiger partial charge in [0.15, 0.2) is 0 Å². The fourth-order valence-corrected chi connectivity index (χ4v) is 3.72. The molecule has 0 N–H and O–H groups in total. The highest BCUT2D eigenvalue weighted by molar-refractivity contribution is 5.83. The van der Waals surface area contributed by atoms with Gasteiger partial charge in [0, 0.05) is 43.4 Å². The Morgan fingerprint density at radius 3 is 2.54 bits per heavy atom. The summed E-state index contributed by atoms with van der Waals surface area (Å²) in [5.41, 5.74) is 4.42. The number of amides is 1. The first-order valence-electron chi connectivity index (χ1n) is 8.56. The summed E-state index contributed by atoms with van der Waals surface area (Å²) in [6.07, 6.45) is 1.71. The number of aryl methyl sites for hydroxylation is 1. The minimum Gasteiger partial charge on any atom is -0.379 e. The molecule has 5 nitrogen and oxygen atoms in total. The van der Waals surface area contributed by atoms with Crippen molar-refractivity contribution in [3.8, 4) is 11.3 Å². The van der Waals surface area contributed by atoms with E-state index in [4.69, 9.17) is 9.84 Å². The molecule has 0 radical (unpaired) electrons. The van der Waals surface area contributed by atoms with E-state index in [2.05, 4.69) is 12.1 Å². The maximum atomic E-state index is 12.8. The summed E-state index contributed by atoms with van der Waals surface area (Å²) in [5, 5.41) is 4.74. The van der Waals surface area contributed by atoms with Crippen molar-refractivity contribution < 1.29 is 9.53 Å². The summed E-state index contributed by atoms with van der Waals surface area (Å²) in [5.74, 6) is 0.232. The number of hydrogen-bond acceptors (Lipinski definition) is 3. The quantitative estimate of drug-likeness (QED) is 0.849. The van der Waals surface area contributed by atoms with E-state index < -0.39 is 0 Å². The van der Waals surface area contributed by atoms with Crippen molar-refractivity contribution in [1.29, 1.82) is 0 Å². The molecular weight excluding hydrogens is 302 g/mol. The van der Waals surface area contributed by atoms with Crippen LogP contribution in [0.4, 0.5) is 0 Å². The average Bonchev–Trinajstić information content (AvgIpc) is 2.75. The van der Waals surface area contributed by atoms with E-state index in [1.54, 1.807) is 0 Å². The summed E-state index contributed by atoms with van der Waals surface area (Å²) < 4.78 is 7.25. The third-order valence-electron chi connectivity index (χ3n) is 5.22. The van der Waals surface area contributed by atoms with Crippen molar-refractivity contribution in [2.24, 2.45) is 12.5 Å². The summed E-state index contributed by atoms with van der Waals surface area (Å²) in [6.45, 7) is 4.62. The molecule has 126 valence electrons. The van der Waals surface area contributed by atoms with Crippen LogP contribution in [0.15, 0.2) is 30.3 Å². The Hall–Kier alpha value is -2.14. The standard InChI is InChI=1S/C19H23N3O2/c1-19(12-24-13-19)18(23)22-10-8-15-16(9-11-22)21(2)20-17(15)14-6-4-3-5-7-14/h3-7H,8-13H2,1-2H3. The second kappa shape index (κ2) is 5.74. The number of benzene rings is 1. The first-order chi connectivity index (χ1) is 11.6. The molecule has 2 aliphatic heterocycles. The highest BCUT2D eigenvalue weighted by atomic mass is 16.5. The van der Waals surface area contributed by atoms with E-state index in [0.29, 0.717) is 13.2 Å². The smallest absolute Gasteiger partial charge is 0.233 e. The lowest BCUT2D eigenvalue weighted by molar-refractivity contribution is -0.168. The van der Waals surface area contributed by atoms with Crippen LogP contribution < -0.4 is 0 Å². The van der Waals surface area contributed by atoms with Gasteiger partial charge in [-0.3, -0.25) is 9.48 Å². The van der Waals surface area contributed by atoms with Crippen molar-refractivity contribution in [3.63, 3.8) is 0 Å². The van der Waals surface area contributed by atoms with Gasteiger partial charge in [0.2, 0.25) is 5.91 Å². The van der Waals surface area contributed by atoms with Gasteiger partial charge in [-0.05, 0) is 13.3 Å². The highest BCUT2D eigenvalue weighted by Gasteiger charge is 2.43. The van der Waals surface area contributed by atoms with Gasteiger partial charge in [0.25, 0.3) is 0 Å². The topological polar surface area (TPSA) is 47.4 Å². The molecule has 5 heteroatoms. The predicted molar refractivity (Wildman–Crippen MR) is 91.6 cm³/mol. The van der Waals surface area contributed by atoms with Gasteiger partial charge in [0.1, 0.15) is 0 Å². The second-order valence-electron chi connectivity index (χ2n) is 7.11. The molecular formula is C19H23N3O2. The maximum Gasteiger partial charge on any atom is 0.233 e. The van der Waals surface area contributed by atoms with Gasteiger partial charge >= 0.3 is 0 Å². The first kappa shape index (κ1) is 15.4. The number of ether oxygens (including phenoxy) is 1. The second-order valence-corrected chi connectivity index (χ2v) is 7.11. The highest BCUT2D eigenvalue weighted by Crippen LogP contribution is 2.32. The van der Waals surface area contributed by atoms with Gasteiger partial charge in [-0.1, -0.05) is 30.3 Å².